The van der Waals surface area contributed by atoms with Crippen molar-refractivity contribution in [2.24, 2.45) is 0 Å². The van der Waals surface area contributed by atoms with Gasteiger partial charge in [0, 0.05) is 32.3 Å². The van der Waals surface area contributed by atoms with Gasteiger partial charge in [-0.1, -0.05) is 12.1 Å². The summed E-state index contributed by atoms with van der Waals surface area (Å²) in [6.07, 6.45) is 5.15. The molecule has 0 spiro atoms. The first kappa shape index (κ1) is 17.8. The Morgan fingerprint density at radius 3 is 2.41 bits per heavy atom. The smallest absolute Gasteiger partial charge is 0.303 e. The third kappa shape index (κ3) is 6.92. The van der Waals surface area contributed by atoms with Crippen molar-refractivity contribution in [3.05, 3.63) is 36.0 Å². The second-order valence-electron chi connectivity index (χ2n) is 5.24. The van der Waals surface area contributed by atoms with Gasteiger partial charge in [-0.3, -0.25) is 9.59 Å². The molecule has 5 heteroatoms. The number of carboxylic acids is 1. The van der Waals surface area contributed by atoms with Crippen LogP contribution in [-0.4, -0.2) is 43.0 Å². The topological polar surface area (TPSA) is 66.8 Å². The van der Waals surface area contributed by atoms with Crippen molar-refractivity contribution < 1.29 is 19.4 Å². The number of nitrogens with zero attached hydrogens (tertiary/aromatic N) is 1. The lowest BCUT2D eigenvalue weighted by molar-refractivity contribution is -0.137. The minimum Gasteiger partial charge on any atom is -0.494 e. The highest BCUT2D eigenvalue weighted by molar-refractivity contribution is 6.06. The van der Waals surface area contributed by atoms with Gasteiger partial charge in [-0.25, -0.2) is 0 Å². The van der Waals surface area contributed by atoms with Crippen LogP contribution in [0.4, 0.5) is 0 Å². The zero-order chi connectivity index (χ0) is 16.4. The Labute approximate surface area is 131 Å². The van der Waals surface area contributed by atoms with Crippen molar-refractivity contribution >= 4 is 17.8 Å². The molecule has 1 N–H and O–H groups in total. The number of hydrogen-bond donors (Lipinski definition) is 1. The Bertz CT molecular complexity index is 506. The first-order chi connectivity index (χ1) is 10.5. The van der Waals surface area contributed by atoms with Gasteiger partial charge in [0.2, 0.25) is 0 Å². The maximum atomic E-state index is 11.1. The highest BCUT2D eigenvalue weighted by Gasteiger charge is 2.02. The number of aliphatic carboxylic acids is 1. The normalized spacial score (nSPS) is 11.1. The molecule has 0 atom stereocenters. The maximum Gasteiger partial charge on any atom is 0.303 e. The van der Waals surface area contributed by atoms with E-state index in [9.17, 15) is 9.59 Å². The number of ether oxygens (including phenoxy) is 1. The number of carbonyl (C=O) groups is 2. The Kier molecular flexibility index (Phi) is 7.75. The van der Waals surface area contributed by atoms with E-state index in [1.165, 1.54) is 0 Å². The first-order valence-corrected chi connectivity index (χ1v) is 7.31. The van der Waals surface area contributed by atoms with E-state index in [-0.39, 0.29) is 6.42 Å². The van der Waals surface area contributed by atoms with Crippen molar-refractivity contribution in [1.82, 2.24) is 4.90 Å². The summed E-state index contributed by atoms with van der Waals surface area (Å²) in [6.45, 7) is 0.563. The fraction of sp³-hybridized carbons (Fsp3) is 0.412. The molecule has 1 aromatic rings. The fourth-order valence-electron chi connectivity index (χ4n) is 1.94. The lowest BCUT2D eigenvalue weighted by Crippen LogP contribution is -2.03. The Hall–Kier alpha value is -2.30. The first-order valence-electron chi connectivity index (χ1n) is 7.31. The van der Waals surface area contributed by atoms with Crippen LogP contribution in [0.2, 0.25) is 0 Å². The number of aldehydes is 1. The number of hydrogen-bond acceptors (Lipinski definition) is 4. The molecule has 0 radical (unpaired) electrons. The standard InChI is InChI=1S/C17H23NO4/c1-18(2)12-15(13-19)14-7-9-16(10-8-14)22-11-5-3-4-6-17(20)21/h7-10,12-13H,3-6,11H2,1-2H3,(H,20,21). The number of carbonyl (C=O) groups excluding carboxylic acids is 1. The number of rotatable bonds is 10. The average Bonchev–Trinajstić information content (AvgIpc) is 2.48. The molecule has 1 aromatic carbocycles. The molecule has 0 heterocycles. The van der Waals surface area contributed by atoms with Crippen LogP contribution in [0.3, 0.4) is 0 Å². The van der Waals surface area contributed by atoms with Crippen LogP contribution in [0.1, 0.15) is 31.2 Å². The molecular weight excluding hydrogens is 282 g/mol. The summed E-state index contributed by atoms with van der Waals surface area (Å²) in [6, 6.07) is 7.37. The van der Waals surface area contributed by atoms with Crippen molar-refractivity contribution in [2.45, 2.75) is 25.7 Å². The highest BCUT2D eigenvalue weighted by Crippen LogP contribution is 2.18. The number of unbranched alkanes of at least 4 members (excludes halogenated alkanes) is 2. The second-order valence-corrected chi connectivity index (χ2v) is 5.24. The fourth-order valence-corrected chi connectivity index (χ4v) is 1.94. The molecule has 0 unspecified atom stereocenters. The summed E-state index contributed by atoms with van der Waals surface area (Å²) in [5.74, 6) is -0.00893. The molecule has 0 aliphatic heterocycles. The summed E-state index contributed by atoms with van der Waals surface area (Å²) in [5, 5.41) is 8.53. The molecule has 120 valence electrons. The quantitative estimate of drug-likeness (QED) is 0.409. The van der Waals surface area contributed by atoms with E-state index in [0.717, 1.165) is 30.4 Å². The third-order valence-corrected chi connectivity index (χ3v) is 3.02. The molecule has 0 aromatic heterocycles. The maximum absolute atomic E-state index is 11.1. The van der Waals surface area contributed by atoms with Crippen LogP contribution in [0.15, 0.2) is 30.5 Å². The molecule has 0 amide bonds. The molecule has 0 fully saturated rings. The second kappa shape index (κ2) is 9.60. The summed E-state index contributed by atoms with van der Waals surface area (Å²) in [5.41, 5.74) is 1.46. The van der Waals surface area contributed by atoms with E-state index in [1.807, 2.05) is 43.3 Å². The van der Waals surface area contributed by atoms with Crippen molar-refractivity contribution in [3.8, 4) is 5.75 Å². The zero-order valence-corrected chi connectivity index (χ0v) is 13.1. The summed E-state index contributed by atoms with van der Waals surface area (Å²) < 4.78 is 5.60. The highest BCUT2D eigenvalue weighted by atomic mass is 16.5. The van der Waals surface area contributed by atoms with Crippen LogP contribution in [-0.2, 0) is 9.59 Å². The van der Waals surface area contributed by atoms with Crippen LogP contribution < -0.4 is 4.74 Å². The predicted molar refractivity (Wildman–Crippen MR) is 85.8 cm³/mol. The minimum absolute atomic E-state index is 0.210. The van der Waals surface area contributed by atoms with E-state index in [4.69, 9.17) is 9.84 Å². The van der Waals surface area contributed by atoms with Gasteiger partial charge in [0.15, 0.2) is 6.29 Å². The van der Waals surface area contributed by atoms with E-state index in [1.54, 1.807) is 6.20 Å². The van der Waals surface area contributed by atoms with Gasteiger partial charge in [0.05, 0.1) is 6.61 Å². The van der Waals surface area contributed by atoms with Crippen LogP contribution >= 0.6 is 0 Å². The van der Waals surface area contributed by atoms with Crippen molar-refractivity contribution in [2.75, 3.05) is 20.7 Å². The van der Waals surface area contributed by atoms with Crippen LogP contribution in [0.25, 0.3) is 5.57 Å². The van der Waals surface area contributed by atoms with Gasteiger partial charge >= 0.3 is 5.97 Å². The molecular formula is C17H23NO4. The molecule has 0 aliphatic rings. The largest absolute Gasteiger partial charge is 0.494 e. The Balaban J connectivity index is 2.42. The van der Waals surface area contributed by atoms with Crippen molar-refractivity contribution in [1.29, 1.82) is 0 Å². The van der Waals surface area contributed by atoms with E-state index in [2.05, 4.69) is 0 Å². The molecule has 0 saturated heterocycles. The Morgan fingerprint density at radius 2 is 1.86 bits per heavy atom. The van der Waals surface area contributed by atoms with Gasteiger partial charge in [-0.05, 0) is 37.0 Å². The minimum atomic E-state index is -0.756. The summed E-state index contributed by atoms with van der Waals surface area (Å²) in [7, 11) is 3.73. The molecule has 22 heavy (non-hydrogen) atoms. The third-order valence-electron chi connectivity index (χ3n) is 3.02. The average molecular weight is 305 g/mol. The summed E-state index contributed by atoms with van der Waals surface area (Å²) in [4.78, 5) is 23.3. The lowest BCUT2D eigenvalue weighted by atomic mass is 10.1. The number of carboxylic acid groups (broad SMARTS) is 1. The van der Waals surface area contributed by atoms with Gasteiger partial charge in [-0.2, -0.15) is 0 Å². The zero-order valence-electron chi connectivity index (χ0n) is 13.1. The molecule has 1 rings (SSSR count). The van der Waals surface area contributed by atoms with Gasteiger partial charge in [0.1, 0.15) is 5.75 Å². The molecule has 0 saturated carbocycles. The number of benzene rings is 1. The molecule has 0 aliphatic carbocycles. The SMILES string of the molecule is CN(C)C=C(C=O)c1ccc(OCCCCCC(=O)O)cc1. The molecule has 5 nitrogen and oxygen atoms in total. The van der Waals surface area contributed by atoms with E-state index >= 15 is 0 Å². The van der Waals surface area contributed by atoms with Crippen LogP contribution in [0, 0.1) is 0 Å². The summed E-state index contributed by atoms with van der Waals surface area (Å²) >= 11 is 0. The van der Waals surface area contributed by atoms with Crippen molar-refractivity contribution in [3.63, 3.8) is 0 Å². The Morgan fingerprint density at radius 1 is 1.18 bits per heavy atom. The number of allylic oxidation sites excluding steroid dienone is 1. The van der Waals surface area contributed by atoms with Gasteiger partial charge in [-0.15, -0.1) is 0 Å². The van der Waals surface area contributed by atoms with Gasteiger partial charge < -0.3 is 14.7 Å². The van der Waals surface area contributed by atoms with E-state index in [0.29, 0.717) is 18.6 Å². The van der Waals surface area contributed by atoms with Crippen LogP contribution in [0.5, 0.6) is 5.75 Å². The monoisotopic (exact) mass is 305 g/mol. The lowest BCUT2D eigenvalue weighted by Gasteiger charge is -2.09. The van der Waals surface area contributed by atoms with Gasteiger partial charge in [0.25, 0.3) is 0 Å². The van der Waals surface area contributed by atoms with E-state index < -0.39 is 5.97 Å². The predicted octanol–water partition coefficient (Wildman–Crippen LogP) is 2.81. The molecule has 0 bridgehead atoms.